The van der Waals surface area contributed by atoms with Gasteiger partial charge in [0.1, 0.15) is 4.90 Å². The standard InChI is InChI=1S/C19H21ClN4O5S/c20-15-3-1-2-4-16(15)30(28,29)24-10-9-18(26)22-11-13-5-7-14(8-6-13)19(27)23-12-17(21)25/h1-8,24H,9-12H2,(H2,21,25)(H,22,26)(H,23,27). The number of carbonyl (C=O) groups is 3. The van der Waals surface area contributed by atoms with Crippen LogP contribution in [0.15, 0.2) is 53.4 Å². The van der Waals surface area contributed by atoms with Crippen molar-refractivity contribution < 1.29 is 22.8 Å². The van der Waals surface area contributed by atoms with Crippen molar-refractivity contribution in [1.29, 1.82) is 0 Å². The van der Waals surface area contributed by atoms with Gasteiger partial charge in [-0.25, -0.2) is 13.1 Å². The van der Waals surface area contributed by atoms with Gasteiger partial charge in [-0.1, -0.05) is 35.9 Å². The molecule has 0 spiro atoms. The fraction of sp³-hybridized carbons (Fsp3) is 0.211. The van der Waals surface area contributed by atoms with E-state index in [-0.39, 0.29) is 41.9 Å². The van der Waals surface area contributed by atoms with E-state index in [9.17, 15) is 22.8 Å². The van der Waals surface area contributed by atoms with Gasteiger partial charge in [-0.3, -0.25) is 14.4 Å². The minimum atomic E-state index is -3.81. The van der Waals surface area contributed by atoms with E-state index in [1.54, 1.807) is 36.4 Å². The molecule has 0 fully saturated rings. The van der Waals surface area contributed by atoms with Crippen LogP contribution < -0.4 is 21.1 Å². The van der Waals surface area contributed by atoms with Gasteiger partial charge in [0.25, 0.3) is 5.91 Å². The van der Waals surface area contributed by atoms with Crippen molar-refractivity contribution in [3.63, 3.8) is 0 Å². The maximum Gasteiger partial charge on any atom is 0.251 e. The van der Waals surface area contributed by atoms with Crippen LogP contribution in [0.25, 0.3) is 0 Å². The molecule has 3 amide bonds. The van der Waals surface area contributed by atoms with Crippen LogP contribution in [-0.4, -0.2) is 39.2 Å². The van der Waals surface area contributed by atoms with E-state index < -0.39 is 21.8 Å². The summed E-state index contributed by atoms with van der Waals surface area (Å²) in [6, 6.07) is 12.4. The molecule has 0 heterocycles. The highest BCUT2D eigenvalue weighted by Crippen LogP contribution is 2.19. The fourth-order valence-corrected chi connectivity index (χ4v) is 3.92. The summed E-state index contributed by atoms with van der Waals surface area (Å²) in [5.41, 5.74) is 6.06. The molecule has 0 aliphatic heterocycles. The predicted molar refractivity (Wildman–Crippen MR) is 111 cm³/mol. The first-order valence-electron chi connectivity index (χ1n) is 8.85. The summed E-state index contributed by atoms with van der Waals surface area (Å²) in [6.07, 6.45) is -0.0582. The Balaban J connectivity index is 1.77. The zero-order valence-corrected chi connectivity index (χ0v) is 17.4. The third-order valence-corrected chi connectivity index (χ3v) is 5.86. The summed E-state index contributed by atoms with van der Waals surface area (Å²) >= 11 is 5.89. The smallest absolute Gasteiger partial charge is 0.251 e. The molecule has 0 aliphatic carbocycles. The lowest BCUT2D eigenvalue weighted by Gasteiger charge is -2.09. The Bertz CT molecular complexity index is 1030. The van der Waals surface area contributed by atoms with Crippen LogP contribution in [0, 0.1) is 0 Å². The number of carbonyl (C=O) groups excluding carboxylic acids is 3. The summed E-state index contributed by atoms with van der Waals surface area (Å²) in [6.45, 7) is -0.130. The van der Waals surface area contributed by atoms with E-state index in [0.717, 1.165) is 5.56 Å². The molecule has 11 heteroatoms. The molecule has 0 unspecified atom stereocenters. The second-order valence-corrected chi connectivity index (χ2v) is 8.34. The SMILES string of the molecule is NC(=O)CNC(=O)c1ccc(CNC(=O)CCNS(=O)(=O)c2ccccc2Cl)cc1. The number of amides is 3. The van der Waals surface area contributed by atoms with Crippen molar-refractivity contribution in [2.24, 2.45) is 5.73 Å². The molecule has 0 saturated heterocycles. The maximum atomic E-state index is 12.2. The molecule has 2 aromatic carbocycles. The van der Waals surface area contributed by atoms with Gasteiger partial charge in [0.2, 0.25) is 21.8 Å². The molecule has 2 rings (SSSR count). The maximum absolute atomic E-state index is 12.2. The number of sulfonamides is 1. The van der Waals surface area contributed by atoms with E-state index in [0.29, 0.717) is 5.56 Å². The molecular weight excluding hydrogens is 432 g/mol. The van der Waals surface area contributed by atoms with Crippen LogP contribution in [0.4, 0.5) is 0 Å². The Kier molecular flexibility index (Phi) is 8.34. The first-order valence-corrected chi connectivity index (χ1v) is 10.7. The number of benzene rings is 2. The summed E-state index contributed by atoms with van der Waals surface area (Å²) in [7, 11) is -3.81. The number of halogens is 1. The van der Waals surface area contributed by atoms with Crippen molar-refractivity contribution in [3.8, 4) is 0 Å². The summed E-state index contributed by atoms with van der Waals surface area (Å²) in [5.74, 6) is -1.42. The van der Waals surface area contributed by atoms with Gasteiger partial charge in [0.05, 0.1) is 11.6 Å². The van der Waals surface area contributed by atoms with Crippen LogP contribution in [0.1, 0.15) is 22.3 Å². The monoisotopic (exact) mass is 452 g/mol. The molecule has 0 saturated carbocycles. The van der Waals surface area contributed by atoms with Crippen LogP contribution >= 0.6 is 11.6 Å². The molecule has 0 aliphatic rings. The molecular formula is C19H21ClN4O5S. The van der Waals surface area contributed by atoms with Gasteiger partial charge in [0.15, 0.2) is 0 Å². The normalized spacial score (nSPS) is 11.0. The molecule has 0 aromatic heterocycles. The second-order valence-electron chi connectivity index (χ2n) is 6.20. The molecule has 5 N–H and O–H groups in total. The van der Waals surface area contributed by atoms with E-state index in [1.807, 2.05) is 0 Å². The van der Waals surface area contributed by atoms with Gasteiger partial charge >= 0.3 is 0 Å². The van der Waals surface area contributed by atoms with Crippen molar-refractivity contribution in [1.82, 2.24) is 15.4 Å². The number of nitrogens with one attached hydrogen (secondary N) is 3. The Hall–Kier alpha value is -2.95. The highest BCUT2D eigenvalue weighted by Gasteiger charge is 2.17. The molecule has 0 radical (unpaired) electrons. The Morgan fingerprint density at radius 2 is 1.63 bits per heavy atom. The third-order valence-electron chi connectivity index (χ3n) is 3.90. The largest absolute Gasteiger partial charge is 0.368 e. The van der Waals surface area contributed by atoms with Gasteiger partial charge in [0, 0.05) is 25.1 Å². The van der Waals surface area contributed by atoms with Crippen LogP contribution in [0.2, 0.25) is 5.02 Å². The van der Waals surface area contributed by atoms with Crippen molar-refractivity contribution in [2.45, 2.75) is 17.9 Å². The second kappa shape index (κ2) is 10.7. The lowest BCUT2D eigenvalue weighted by atomic mass is 10.1. The zero-order chi connectivity index (χ0) is 22.1. The average Bonchev–Trinajstić information content (AvgIpc) is 2.71. The van der Waals surface area contributed by atoms with Crippen LogP contribution in [-0.2, 0) is 26.2 Å². The molecule has 160 valence electrons. The predicted octanol–water partition coefficient (Wildman–Crippen LogP) is 0.540. The minimum Gasteiger partial charge on any atom is -0.368 e. The molecule has 0 atom stereocenters. The van der Waals surface area contributed by atoms with E-state index >= 15 is 0 Å². The van der Waals surface area contributed by atoms with Gasteiger partial charge in [-0.2, -0.15) is 0 Å². The third kappa shape index (κ3) is 7.14. The Morgan fingerprint density at radius 3 is 2.27 bits per heavy atom. The Labute approximate surface area is 179 Å². The summed E-state index contributed by atoms with van der Waals surface area (Å²) in [5, 5.41) is 5.13. The van der Waals surface area contributed by atoms with Gasteiger partial charge < -0.3 is 16.4 Å². The van der Waals surface area contributed by atoms with Crippen molar-refractivity contribution in [2.75, 3.05) is 13.1 Å². The van der Waals surface area contributed by atoms with Crippen molar-refractivity contribution in [3.05, 3.63) is 64.7 Å². The number of hydrogen-bond acceptors (Lipinski definition) is 5. The highest BCUT2D eigenvalue weighted by atomic mass is 35.5. The minimum absolute atomic E-state index is 0.0490. The van der Waals surface area contributed by atoms with Crippen LogP contribution in [0.5, 0.6) is 0 Å². The van der Waals surface area contributed by atoms with E-state index in [1.165, 1.54) is 12.1 Å². The van der Waals surface area contributed by atoms with E-state index in [4.69, 9.17) is 17.3 Å². The first kappa shape index (κ1) is 23.3. The molecule has 0 bridgehead atoms. The van der Waals surface area contributed by atoms with Gasteiger partial charge in [-0.15, -0.1) is 0 Å². The number of rotatable bonds is 10. The van der Waals surface area contributed by atoms with E-state index in [2.05, 4.69) is 15.4 Å². The summed E-state index contributed by atoms with van der Waals surface area (Å²) < 4.78 is 26.7. The molecule has 9 nitrogen and oxygen atoms in total. The number of primary amides is 1. The zero-order valence-electron chi connectivity index (χ0n) is 15.9. The number of nitrogens with two attached hydrogens (primary N) is 1. The average molecular weight is 453 g/mol. The topological polar surface area (TPSA) is 147 Å². The quantitative estimate of drug-likeness (QED) is 0.415. The van der Waals surface area contributed by atoms with Crippen LogP contribution in [0.3, 0.4) is 0 Å². The first-order chi connectivity index (χ1) is 14.2. The fourth-order valence-electron chi connectivity index (χ4n) is 2.37. The Morgan fingerprint density at radius 1 is 0.967 bits per heavy atom. The van der Waals surface area contributed by atoms with Crippen molar-refractivity contribution >= 4 is 39.3 Å². The lowest BCUT2D eigenvalue weighted by molar-refractivity contribution is -0.121. The van der Waals surface area contributed by atoms with Gasteiger partial charge in [-0.05, 0) is 29.8 Å². The highest BCUT2D eigenvalue weighted by molar-refractivity contribution is 7.89. The molecule has 2 aromatic rings. The number of hydrogen-bond donors (Lipinski definition) is 4. The molecule has 30 heavy (non-hydrogen) atoms. The summed E-state index contributed by atoms with van der Waals surface area (Å²) in [4.78, 5) is 34.4. The lowest BCUT2D eigenvalue weighted by Crippen LogP contribution is -2.33.